The summed E-state index contributed by atoms with van der Waals surface area (Å²) in [5.41, 5.74) is 0.504. The lowest BCUT2D eigenvalue weighted by molar-refractivity contribution is 0.538. The summed E-state index contributed by atoms with van der Waals surface area (Å²) < 4.78 is 27.4. The second-order valence-electron chi connectivity index (χ2n) is 3.79. The second-order valence-corrected chi connectivity index (χ2v) is 3.79. The molecule has 84 valence electrons. The van der Waals surface area contributed by atoms with Gasteiger partial charge in [-0.3, -0.25) is 0 Å². The number of hydrogen-bond donors (Lipinski definition) is 1. The number of nitrogens with one attached hydrogen (secondary N) is 1. The lowest BCUT2D eigenvalue weighted by Gasteiger charge is -2.12. The third-order valence-corrected chi connectivity index (χ3v) is 2.68. The molecular weight excluding hydrogens is 210 g/mol. The van der Waals surface area contributed by atoms with Crippen molar-refractivity contribution in [2.75, 3.05) is 0 Å². The van der Waals surface area contributed by atoms with Crippen LogP contribution < -0.4 is 0 Å². The number of H-pyrrole nitrogens is 1. The molecule has 1 N–H and O–H groups in total. The van der Waals surface area contributed by atoms with Gasteiger partial charge >= 0.3 is 0 Å². The first-order chi connectivity index (χ1) is 7.61. The zero-order valence-electron chi connectivity index (χ0n) is 9.09. The predicted molar refractivity (Wildman–Crippen MR) is 57.2 cm³/mol. The third-order valence-electron chi connectivity index (χ3n) is 2.68. The van der Waals surface area contributed by atoms with Crippen LogP contribution in [0.3, 0.4) is 0 Å². The van der Waals surface area contributed by atoms with Gasteiger partial charge in [-0.15, -0.1) is 0 Å². The van der Waals surface area contributed by atoms with E-state index in [0.29, 0.717) is 11.4 Å². The van der Waals surface area contributed by atoms with Crippen LogP contribution in [0.25, 0.3) is 0 Å². The molecule has 0 aliphatic rings. The van der Waals surface area contributed by atoms with E-state index in [1.54, 1.807) is 26.2 Å². The topological polar surface area (TPSA) is 28.7 Å². The van der Waals surface area contributed by atoms with Crippen molar-refractivity contribution in [1.82, 2.24) is 9.97 Å². The fraction of sp³-hybridized carbons (Fsp3) is 0.250. The van der Waals surface area contributed by atoms with Gasteiger partial charge in [-0.25, -0.2) is 13.8 Å². The summed E-state index contributed by atoms with van der Waals surface area (Å²) in [5.74, 6) is -0.894. The molecule has 0 bridgehead atoms. The Kier molecular flexibility index (Phi) is 2.73. The fourth-order valence-corrected chi connectivity index (χ4v) is 1.73. The minimum atomic E-state index is -0.535. The highest BCUT2D eigenvalue weighted by molar-refractivity contribution is 5.32. The van der Waals surface area contributed by atoms with Crippen LogP contribution in [0.2, 0.25) is 0 Å². The summed E-state index contributed by atoms with van der Waals surface area (Å²) in [6.45, 7) is 3.34. The van der Waals surface area contributed by atoms with Gasteiger partial charge in [0.1, 0.15) is 17.5 Å². The minimum Gasteiger partial charge on any atom is -0.348 e. The number of imidazole rings is 1. The van der Waals surface area contributed by atoms with Crippen molar-refractivity contribution in [3.63, 3.8) is 0 Å². The van der Waals surface area contributed by atoms with Crippen molar-refractivity contribution < 1.29 is 8.78 Å². The Morgan fingerprint density at radius 3 is 2.69 bits per heavy atom. The Hall–Kier alpha value is -1.71. The zero-order valence-corrected chi connectivity index (χ0v) is 9.09. The van der Waals surface area contributed by atoms with Crippen LogP contribution in [0.4, 0.5) is 8.78 Å². The van der Waals surface area contributed by atoms with Crippen LogP contribution in [0, 0.1) is 18.6 Å². The summed E-state index contributed by atoms with van der Waals surface area (Å²) in [7, 11) is 0. The van der Waals surface area contributed by atoms with Gasteiger partial charge in [0.25, 0.3) is 0 Å². The Balaban J connectivity index is 2.52. The monoisotopic (exact) mass is 222 g/mol. The maximum atomic E-state index is 13.8. The van der Waals surface area contributed by atoms with Crippen LogP contribution >= 0.6 is 0 Å². The van der Waals surface area contributed by atoms with E-state index < -0.39 is 17.6 Å². The molecule has 0 spiro atoms. The molecule has 0 radical (unpaired) electrons. The van der Waals surface area contributed by atoms with Gasteiger partial charge in [-0.1, -0.05) is 13.0 Å². The van der Waals surface area contributed by atoms with Gasteiger partial charge in [0, 0.05) is 23.9 Å². The van der Waals surface area contributed by atoms with E-state index in [4.69, 9.17) is 0 Å². The van der Waals surface area contributed by atoms with Gasteiger partial charge < -0.3 is 4.98 Å². The minimum absolute atomic E-state index is 0.0648. The number of halogens is 2. The Morgan fingerprint density at radius 1 is 1.31 bits per heavy atom. The van der Waals surface area contributed by atoms with Crippen LogP contribution in [0.15, 0.2) is 24.5 Å². The highest BCUT2D eigenvalue weighted by Crippen LogP contribution is 2.27. The summed E-state index contributed by atoms with van der Waals surface area (Å²) in [6.07, 6.45) is 3.20. The van der Waals surface area contributed by atoms with Crippen molar-refractivity contribution in [3.8, 4) is 0 Å². The average Bonchev–Trinajstić information content (AvgIpc) is 2.77. The molecular formula is C12H12F2N2. The van der Waals surface area contributed by atoms with Crippen LogP contribution in [0.5, 0.6) is 0 Å². The zero-order chi connectivity index (χ0) is 11.7. The summed E-state index contributed by atoms with van der Waals surface area (Å²) in [4.78, 5) is 6.88. The predicted octanol–water partition coefficient (Wildman–Crippen LogP) is 3.15. The highest BCUT2D eigenvalue weighted by atomic mass is 19.1. The van der Waals surface area contributed by atoms with E-state index in [1.165, 1.54) is 12.1 Å². The molecule has 2 aromatic rings. The molecule has 1 aromatic heterocycles. The van der Waals surface area contributed by atoms with E-state index in [2.05, 4.69) is 9.97 Å². The number of benzene rings is 1. The van der Waals surface area contributed by atoms with Gasteiger partial charge in [0.2, 0.25) is 0 Å². The smallest absolute Gasteiger partial charge is 0.132 e. The number of aromatic nitrogens is 2. The molecule has 16 heavy (non-hydrogen) atoms. The van der Waals surface area contributed by atoms with Crippen molar-refractivity contribution in [1.29, 1.82) is 0 Å². The van der Waals surface area contributed by atoms with Gasteiger partial charge in [-0.05, 0) is 18.6 Å². The van der Waals surface area contributed by atoms with E-state index in [-0.39, 0.29) is 5.56 Å². The number of aryl methyl sites for hydroxylation is 1. The van der Waals surface area contributed by atoms with Crippen LogP contribution in [-0.2, 0) is 0 Å². The average molecular weight is 222 g/mol. The number of rotatable bonds is 2. The van der Waals surface area contributed by atoms with Gasteiger partial charge in [-0.2, -0.15) is 0 Å². The molecule has 1 unspecified atom stereocenters. The van der Waals surface area contributed by atoms with Crippen LogP contribution in [0.1, 0.15) is 29.8 Å². The number of nitrogens with zero attached hydrogens (tertiary/aromatic N) is 1. The molecule has 2 rings (SSSR count). The Bertz CT molecular complexity index is 492. The maximum Gasteiger partial charge on any atom is 0.132 e. The Labute approximate surface area is 92.3 Å². The first-order valence-electron chi connectivity index (χ1n) is 5.05. The molecule has 0 fully saturated rings. The van der Waals surface area contributed by atoms with Gasteiger partial charge in [0.15, 0.2) is 0 Å². The van der Waals surface area contributed by atoms with Crippen molar-refractivity contribution in [2.24, 2.45) is 0 Å². The molecule has 2 nitrogen and oxygen atoms in total. The molecule has 1 atom stereocenters. The molecule has 0 aliphatic carbocycles. The maximum absolute atomic E-state index is 13.8. The van der Waals surface area contributed by atoms with Gasteiger partial charge in [0.05, 0.1) is 0 Å². The third kappa shape index (κ3) is 1.71. The van der Waals surface area contributed by atoms with Crippen molar-refractivity contribution in [2.45, 2.75) is 19.8 Å². The first-order valence-corrected chi connectivity index (χ1v) is 5.05. The highest BCUT2D eigenvalue weighted by Gasteiger charge is 2.20. The first kappa shape index (κ1) is 10.8. The number of hydrogen-bond acceptors (Lipinski definition) is 1. The largest absolute Gasteiger partial charge is 0.348 e. The molecule has 0 saturated carbocycles. The van der Waals surface area contributed by atoms with E-state index in [0.717, 1.165) is 0 Å². The lowest BCUT2D eigenvalue weighted by Crippen LogP contribution is -2.06. The molecule has 0 saturated heterocycles. The fourth-order valence-electron chi connectivity index (χ4n) is 1.73. The SMILES string of the molecule is Cc1ccc(F)c(C(C)c2ncc[nH]2)c1F. The van der Waals surface area contributed by atoms with Crippen molar-refractivity contribution >= 4 is 0 Å². The van der Waals surface area contributed by atoms with E-state index >= 15 is 0 Å². The standard InChI is InChI=1S/C12H12F2N2/c1-7-3-4-9(13)10(11(7)14)8(2)12-15-5-6-16-12/h3-6,8H,1-2H3,(H,15,16). The van der Waals surface area contributed by atoms with E-state index in [9.17, 15) is 8.78 Å². The Morgan fingerprint density at radius 2 is 2.06 bits per heavy atom. The van der Waals surface area contributed by atoms with E-state index in [1.807, 2.05) is 0 Å². The lowest BCUT2D eigenvalue weighted by atomic mass is 9.97. The second kappa shape index (κ2) is 4.04. The summed E-state index contributed by atoms with van der Waals surface area (Å²) >= 11 is 0. The molecule has 1 heterocycles. The molecule has 1 aromatic carbocycles. The normalized spacial score (nSPS) is 12.8. The molecule has 0 amide bonds. The summed E-state index contributed by atoms with van der Waals surface area (Å²) in [6, 6.07) is 2.72. The van der Waals surface area contributed by atoms with Crippen LogP contribution in [-0.4, -0.2) is 9.97 Å². The van der Waals surface area contributed by atoms with Crippen molar-refractivity contribution in [3.05, 3.63) is 53.1 Å². The molecule has 0 aliphatic heterocycles. The summed E-state index contributed by atoms with van der Waals surface area (Å²) in [5, 5.41) is 0. The number of aromatic amines is 1. The molecule has 4 heteroatoms. The quantitative estimate of drug-likeness (QED) is 0.830.